The molecular formula is C13H18N4O3. The molecule has 108 valence electrons. The number of likely N-dealkylation sites (N-methyl/N-ethyl adjacent to an activating group) is 1. The summed E-state index contributed by atoms with van der Waals surface area (Å²) in [6.07, 6.45) is 0. The highest BCUT2D eigenvalue weighted by Gasteiger charge is 2.31. The van der Waals surface area contributed by atoms with Gasteiger partial charge >= 0.3 is 0 Å². The summed E-state index contributed by atoms with van der Waals surface area (Å²) in [5, 5.41) is 17.1. The van der Waals surface area contributed by atoms with Gasteiger partial charge in [-0.25, -0.2) is 0 Å². The molecule has 1 aliphatic rings. The minimum atomic E-state index is -0.426. The first kappa shape index (κ1) is 14.3. The van der Waals surface area contributed by atoms with Crippen molar-refractivity contribution in [2.24, 2.45) is 0 Å². The first-order valence-corrected chi connectivity index (χ1v) is 6.63. The van der Waals surface area contributed by atoms with Crippen LogP contribution in [0.15, 0.2) is 24.3 Å². The van der Waals surface area contributed by atoms with Crippen molar-refractivity contribution in [1.29, 1.82) is 0 Å². The summed E-state index contributed by atoms with van der Waals surface area (Å²) in [7, 11) is 0. The Morgan fingerprint density at radius 1 is 1.55 bits per heavy atom. The molecule has 0 bridgehead atoms. The molecule has 0 spiro atoms. The Morgan fingerprint density at radius 2 is 2.30 bits per heavy atom. The van der Waals surface area contributed by atoms with Gasteiger partial charge < -0.3 is 15.5 Å². The van der Waals surface area contributed by atoms with Crippen LogP contribution < -0.4 is 15.5 Å². The Bertz CT molecular complexity index is 506. The van der Waals surface area contributed by atoms with Gasteiger partial charge in [-0.1, -0.05) is 12.1 Å². The number of nitrogens with zero attached hydrogens (tertiary/aromatic N) is 2. The lowest BCUT2D eigenvalue weighted by Crippen LogP contribution is -2.58. The molecule has 2 N–H and O–H groups in total. The number of para-hydroxylation sites is 2. The topological polar surface area (TPSA) is 87.5 Å². The molecule has 1 aromatic carbocycles. The van der Waals surface area contributed by atoms with E-state index >= 15 is 0 Å². The Hall–Kier alpha value is -2.15. The Kier molecular flexibility index (Phi) is 4.52. The van der Waals surface area contributed by atoms with Gasteiger partial charge in [0.15, 0.2) is 0 Å². The molecule has 1 heterocycles. The molecule has 1 amide bonds. The molecule has 7 heteroatoms. The minimum absolute atomic E-state index is 0.0312. The van der Waals surface area contributed by atoms with Crippen molar-refractivity contribution in [3.05, 3.63) is 34.4 Å². The van der Waals surface area contributed by atoms with Crippen LogP contribution in [0.1, 0.15) is 6.92 Å². The maximum absolute atomic E-state index is 12.1. The molecule has 0 saturated carbocycles. The molecule has 1 fully saturated rings. The van der Waals surface area contributed by atoms with Gasteiger partial charge in [0.05, 0.1) is 4.92 Å². The predicted molar refractivity (Wildman–Crippen MR) is 75.8 cm³/mol. The zero-order valence-corrected chi connectivity index (χ0v) is 11.3. The van der Waals surface area contributed by atoms with E-state index in [1.54, 1.807) is 23.1 Å². The number of rotatable bonds is 4. The maximum Gasteiger partial charge on any atom is 0.292 e. The predicted octanol–water partition coefficient (Wildman–Crippen LogP) is 0.509. The van der Waals surface area contributed by atoms with Crippen molar-refractivity contribution < 1.29 is 9.72 Å². The number of amides is 1. The number of nitro groups is 1. The Morgan fingerprint density at radius 3 is 3.00 bits per heavy atom. The Balaban J connectivity index is 2.33. The molecule has 1 saturated heterocycles. The number of anilines is 1. The number of hydrogen-bond donors (Lipinski definition) is 2. The summed E-state index contributed by atoms with van der Waals surface area (Å²) in [6.45, 7) is 4.13. The average Bonchev–Trinajstić information content (AvgIpc) is 2.47. The van der Waals surface area contributed by atoms with Crippen molar-refractivity contribution in [1.82, 2.24) is 10.6 Å². The average molecular weight is 278 g/mol. The van der Waals surface area contributed by atoms with Crippen LogP contribution in [0.3, 0.4) is 0 Å². The third kappa shape index (κ3) is 2.88. The second-order valence-electron chi connectivity index (χ2n) is 4.55. The van der Waals surface area contributed by atoms with Gasteiger partial charge in [0.25, 0.3) is 5.69 Å². The number of nitro benzene ring substituents is 1. The summed E-state index contributed by atoms with van der Waals surface area (Å²) in [4.78, 5) is 24.6. The van der Waals surface area contributed by atoms with Crippen molar-refractivity contribution in [2.45, 2.75) is 13.0 Å². The van der Waals surface area contributed by atoms with E-state index in [4.69, 9.17) is 0 Å². The van der Waals surface area contributed by atoms with Gasteiger partial charge in [-0.3, -0.25) is 14.9 Å². The van der Waals surface area contributed by atoms with E-state index < -0.39 is 11.0 Å². The van der Waals surface area contributed by atoms with E-state index in [0.29, 0.717) is 31.9 Å². The van der Waals surface area contributed by atoms with Crippen molar-refractivity contribution in [2.75, 3.05) is 31.1 Å². The van der Waals surface area contributed by atoms with Crippen molar-refractivity contribution >= 4 is 17.3 Å². The summed E-state index contributed by atoms with van der Waals surface area (Å²) in [5.74, 6) is -0.113. The van der Waals surface area contributed by atoms with Crippen LogP contribution in [0.25, 0.3) is 0 Å². The first-order valence-electron chi connectivity index (χ1n) is 6.63. The van der Waals surface area contributed by atoms with Crippen LogP contribution in [0.4, 0.5) is 11.4 Å². The number of carbonyl (C=O) groups is 1. The normalized spacial score (nSPS) is 18.6. The fraction of sp³-hybridized carbons (Fsp3) is 0.462. The molecule has 1 aromatic rings. The zero-order valence-electron chi connectivity index (χ0n) is 11.3. The highest BCUT2D eigenvalue weighted by molar-refractivity contribution is 5.86. The van der Waals surface area contributed by atoms with E-state index in [9.17, 15) is 14.9 Å². The van der Waals surface area contributed by atoms with Crippen LogP contribution in [0, 0.1) is 10.1 Å². The van der Waals surface area contributed by atoms with Gasteiger partial charge in [-0.2, -0.15) is 0 Å². The molecule has 2 rings (SSSR count). The lowest BCUT2D eigenvalue weighted by molar-refractivity contribution is -0.384. The van der Waals surface area contributed by atoms with Crippen LogP contribution in [-0.4, -0.2) is 43.1 Å². The minimum Gasteiger partial charge on any atom is -0.355 e. The highest BCUT2D eigenvalue weighted by Crippen LogP contribution is 2.29. The van der Waals surface area contributed by atoms with Gasteiger partial charge in [0.1, 0.15) is 11.7 Å². The molecule has 0 aliphatic carbocycles. The smallest absolute Gasteiger partial charge is 0.292 e. The zero-order chi connectivity index (χ0) is 14.5. The molecule has 0 aromatic heterocycles. The second kappa shape index (κ2) is 6.33. The molecule has 7 nitrogen and oxygen atoms in total. The van der Waals surface area contributed by atoms with Gasteiger partial charge in [0, 0.05) is 32.2 Å². The lowest BCUT2D eigenvalue weighted by Gasteiger charge is -2.36. The van der Waals surface area contributed by atoms with Crippen molar-refractivity contribution in [3.8, 4) is 0 Å². The fourth-order valence-corrected chi connectivity index (χ4v) is 2.38. The second-order valence-corrected chi connectivity index (χ2v) is 4.55. The van der Waals surface area contributed by atoms with Crippen LogP contribution in [0.5, 0.6) is 0 Å². The third-order valence-electron chi connectivity index (χ3n) is 3.28. The number of nitrogens with one attached hydrogen (secondary N) is 2. The fourth-order valence-electron chi connectivity index (χ4n) is 2.38. The summed E-state index contributed by atoms with van der Waals surface area (Å²) in [6, 6.07) is 6.11. The SMILES string of the molecule is CCNC(=O)C1CNCCN1c1ccccc1[N+](=O)[O-]. The largest absolute Gasteiger partial charge is 0.355 e. The Labute approximate surface area is 117 Å². The standard InChI is InChI=1S/C13H18N4O3/c1-2-15-13(18)12-9-14-7-8-16(12)10-5-3-4-6-11(10)17(19)20/h3-6,12,14H,2,7-9H2,1H3,(H,15,18). The number of benzene rings is 1. The summed E-state index contributed by atoms with van der Waals surface area (Å²) < 4.78 is 0. The molecule has 1 aliphatic heterocycles. The van der Waals surface area contributed by atoms with E-state index in [1.165, 1.54) is 6.07 Å². The van der Waals surface area contributed by atoms with E-state index in [0.717, 1.165) is 0 Å². The van der Waals surface area contributed by atoms with Gasteiger partial charge in [0.2, 0.25) is 5.91 Å². The lowest BCUT2D eigenvalue weighted by atomic mass is 10.1. The maximum atomic E-state index is 12.1. The summed E-state index contributed by atoms with van der Waals surface area (Å²) in [5.41, 5.74) is 0.527. The summed E-state index contributed by atoms with van der Waals surface area (Å²) >= 11 is 0. The first-order chi connectivity index (χ1) is 9.65. The van der Waals surface area contributed by atoms with E-state index in [2.05, 4.69) is 10.6 Å². The number of carbonyl (C=O) groups excluding carboxylic acids is 1. The highest BCUT2D eigenvalue weighted by atomic mass is 16.6. The van der Waals surface area contributed by atoms with Crippen LogP contribution >= 0.6 is 0 Å². The van der Waals surface area contributed by atoms with Crippen LogP contribution in [-0.2, 0) is 4.79 Å². The molecule has 1 atom stereocenters. The molecule has 20 heavy (non-hydrogen) atoms. The van der Waals surface area contributed by atoms with Gasteiger partial charge in [-0.05, 0) is 13.0 Å². The quantitative estimate of drug-likeness (QED) is 0.619. The van der Waals surface area contributed by atoms with Crippen LogP contribution in [0.2, 0.25) is 0 Å². The van der Waals surface area contributed by atoms with E-state index in [-0.39, 0.29) is 11.6 Å². The molecule has 1 unspecified atom stereocenters. The van der Waals surface area contributed by atoms with E-state index in [1.807, 2.05) is 6.92 Å². The third-order valence-corrected chi connectivity index (χ3v) is 3.28. The molecule has 0 radical (unpaired) electrons. The van der Waals surface area contributed by atoms with Gasteiger partial charge in [-0.15, -0.1) is 0 Å². The monoisotopic (exact) mass is 278 g/mol. The molecular weight excluding hydrogens is 260 g/mol. The van der Waals surface area contributed by atoms with Crippen molar-refractivity contribution in [3.63, 3.8) is 0 Å². The number of hydrogen-bond acceptors (Lipinski definition) is 5. The number of piperazine rings is 1.